The first-order chi connectivity index (χ1) is 22.2. The normalized spacial score (nSPS) is 29.1. The Hall–Kier alpha value is -3.98. The van der Waals surface area contributed by atoms with Gasteiger partial charge in [-0.1, -0.05) is 30.4 Å². The Kier molecular flexibility index (Phi) is 9.96. The van der Waals surface area contributed by atoms with Crippen LogP contribution in [0.25, 0.3) is 0 Å². The Labute approximate surface area is 274 Å². The molecule has 14 nitrogen and oxygen atoms in total. The minimum absolute atomic E-state index is 0.0863. The first-order valence-corrected chi connectivity index (χ1v) is 17.4. The zero-order valence-electron chi connectivity index (χ0n) is 26.7. The molecule has 47 heavy (non-hydrogen) atoms. The van der Waals surface area contributed by atoms with Crippen LogP contribution in [0, 0.1) is 5.92 Å². The van der Waals surface area contributed by atoms with E-state index in [4.69, 9.17) is 14.2 Å². The fraction of sp³-hybridized carbons (Fsp3) is 0.594. The van der Waals surface area contributed by atoms with Crippen molar-refractivity contribution in [3.05, 3.63) is 48.0 Å². The van der Waals surface area contributed by atoms with E-state index in [1.54, 1.807) is 63.3 Å². The molecule has 1 aromatic carbocycles. The zero-order valence-corrected chi connectivity index (χ0v) is 27.5. The van der Waals surface area contributed by atoms with Crippen LogP contribution in [0.15, 0.2) is 42.5 Å². The number of fused-ring (bicyclic) bond motifs is 2. The molecule has 1 aromatic rings. The average Bonchev–Trinajstić information content (AvgIpc) is 3.92. The third-order valence-corrected chi connectivity index (χ3v) is 10.3. The lowest BCUT2D eigenvalue weighted by atomic mass is 10.1. The van der Waals surface area contributed by atoms with Crippen molar-refractivity contribution in [1.29, 1.82) is 0 Å². The molecule has 1 saturated heterocycles. The molecule has 0 aromatic heterocycles. The number of hydrogen-bond donors (Lipinski definition) is 3. The molecular weight excluding hydrogens is 632 g/mol. The molecule has 4 aliphatic rings. The molecule has 0 spiro atoms. The van der Waals surface area contributed by atoms with Crippen LogP contribution in [0.2, 0.25) is 0 Å². The predicted octanol–water partition coefficient (Wildman–Crippen LogP) is 1.56. The van der Waals surface area contributed by atoms with Gasteiger partial charge in [0, 0.05) is 18.9 Å². The minimum Gasteiger partial charge on any atom is -0.457 e. The lowest BCUT2D eigenvalue weighted by Crippen LogP contribution is -2.58. The van der Waals surface area contributed by atoms with Crippen LogP contribution in [0.5, 0.6) is 0 Å². The van der Waals surface area contributed by atoms with Gasteiger partial charge in [0.2, 0.25) is 21.8 Å². The summed E-state index contributed by atoms with van der Waals surface area (Å²) in [6.07, 6.45) is 3.18. The maximum absolute atomic E-state index is 14.1. The van der Waals surface area contributed by atoms with Crippen molar-refractivity contribution in [1.82, 2.24) is 20.3 Å². The lowest BCUT2D eigenvalue weighted by Gasteiger charge is -2.30. The summed E-state index contributed by atoms with van der Waals surface area (Å²) in [5.41, 5.74) is -2.12. The third-order valence-electron chi connectivity index (χ3n) is 8.45. The Morgan fingerprint density at radius 2 is 1.81 bits per heavy atom. The quantitative estimate of drug-likeness (QED) is 0.295. The second-order valence-electron chi connectivity index (χ2n) is 13.4. The van der Waals surface area contributed by atoms with E-state index in [0.29, 0.717) is 19.3 Å². The van der Waals surface area contributed by atoms with Gasteiger partial charge in [0.1, 0.15) is 29.3 Å². The van der Waals surface area contributed by atoms with Crippen LogP contribution in [0.1, 0.15) is 69.7 Å². The maximum Gasteiger partial charge on any atom is 0.408 e. The molecule has 2 saturated carbocycles. The molecule has 2 aliphatic carbocycles. The maximum atomic E-state index is 14.1. The first-order valence-electron chi connectivity index (χ1n) is 15.9. The summed E-state index contributed by atoms with van der Waals surface area (Å²) in [4.78, 5) is 68.5. The van der Waals surface area contributed by atoms with Crippen molar-refractivity contribution >= 4 is 39.8 Å². The predicted molar refractivity (Wildman–Crippen MR) is 167 cm³/mol. The van der Waals surface area contributed by atoms with Gasteiger partial charge in [-0.05, 0) is 65.0 Å². The smallest absolute Gasteiger partial charge is 0.408 e. The number of esters is 1. The zero-order chi connectivity index (χ0) is 34.0. The van der Waals surface area contributed by atoms with Crippen molar-refractivity contribution in [3.63, 3.8) is 0 Å². The van der Waals surface area contributed by atoms with Crippen LogP contribution < -0.4 is 15.4 Å². The van der Waals surface area contributed by atoms with E-state index in [-0.39, 0.29) is 44.6 Å². The molecule has 5 atom stereocenters. The molecule has 0 radical (unpaired) electrons. The number of nitrogens with one attached hydrogen (secondary N) is 3. The minimum atomic E-state index is -3.91. The van der Waals surface area contributed by atoms with Crippen LogP contribution in [0.4, 0.5) is 4.79 Å². The van der Waals surface area contributed by atoms with Crippen molar-refractivity contribution < 1.29 is 46.6 Å². The van der Waals surface area contributed by atoms with Gasteiger partial charge in [0.05, 0.1) is 24.0 Å². The average molecular weight is 675 g/mol. The van der Waals surface area contributed by atoms with Crippen molar-refractivity contribution in [3.8, 4) is 0 Å². The van der Waals surface area contributed by atoms with E-state index < -0.39 is 80.3 Å². The number of sulfonamides is 1. The molecule has 5 unspecified atom stereocenters. The van der Waals surface area contributed by atoms with Gasteiger partial charge >= 0.3 is 12.1 Å². The van der Waals surface area contributed by atoms with Crippen molar-refractivity contribution in [2.45, 2.75) is 93.9 Å². The van der Waals surface area contributed by atoms with Crippen LogP contribution in [-0.4, -0.2) is 97.4 Å². The summed E-state index contributed by atoms with van der Waals surface area (Å²) in [5, 5.41) is 4.71. The summed E-state index contributed by atoms with van der Waals surface area (Å²) in [6, 6.07) is 5.95. The van der Waals surface area contributed by atoms with Crippen LogP contribution in [0.3, 0.4) is 0 Å². The van der Waals surface area contributed by atoms with Crippen LogP contribution >= 0.6 is 0 Å². The van der Waals surface area contributed by atoms with E-state index in [1.165, 1.54) is 4.90 Å². The number of benzene rings is 1. The van der Waals surface area contributed by atoms with Gasteiger partial charge in [0.15, 0.2) is 0 Å². The molecule has 5 rings (SSSR count). The molecular formula is C32H42N4O10S. The molecule has 2 heterocycles. The number of carbonyl (C=O) groups excluding carboxylic acids is 5. The summed E-state index contributed by atoms with van der Waals surface area (Å²) in [7, 11) is -3.91. The summed E-state index contributed by atoms with van der Waals surface area (Å²) >= 11 is 0. The van der Waals surface area contributed by atoms with Gasteiger partial charge in [-0.3, -0.25) is 19.1 Å². The Bertz CT molecular complexity index is 1520. The standard InChI is InChI=1S/C32H42N4O10S/c1-31(2,3)46-30(41)33-24-12-8-16-44-15-7-11-21-18-32(21,29(40)35-47(42,43)23-13-14-23)34-26(37)25-17-22(19-36(25)27(24)38)45-28(39)20-9-5-4-6-10-20/h4-7,9-11,21-25H,8,12-19H2,1-3H3,(H,33,41)(H,34,37)(H,35,40)/b11-7+. The number of carbonyl (C=O) groups is 5. The van der Waals surface area contributed by atoms with E-state index in [1.807, 2.05) is 0 Å². The van der Waals surface area contributed by atoms with Crippen molar-refractivity contribution in [2.75, 3.05) is 19.8 Å². The van der Waals surface area contributed by atoms with E-state index in [2.05, 4.69) is 15.4 Å². The van der Waals surface area contributed by atoms with Crippen molar-refractivity contribution in [2.24, 2.45) is 5.92 Å². The fourth-order valence-electron chi connectivity index (χ4n) is 5.80. The molecule has 4 amide bonds. The highest BCUT2D eigenvalue weighted by Gasteiger charge is 2.62. The molecule has 3 N–H and O–H groups in total. The number of ether oxygens (including phenoxy) is 3. The molecule has 3 fully saturated rings. The Morgan fingerprint density at radius 3 is 2.49 bits per heavy atom. The third kappa shape index (κ3) is 8.49. The number of rotatable bonds is 6. The highest BCUT2D eigenvalue weighted by atomic mass is 32.2. The number of nitrogens with zero attached hydrogens (tertiary/aromatic N) is 1. The van der Waals surface area contributed by atoms with Crippen LogP contribution in [-0.2, 0) is 38.6 Å². The van der Waals surface area contributed by atoms with E-state index in [0.717, 1.165) is 0 Å². The monoisotopic (exact) mass is 674 g/mol. The largest absolute Gasteiger partial charge is 0.457 e. The SMILES string of the molecule is CC(C)(C)OC(=O)NC1CCCOC/C=C/C2CC2(C(=O)NS(=O)(=O)C2CC2)NC(=O)C2CC(OC(=O)c3ccccc3)CN2C1=O. The summed E-state index contributed by atoms with van der Waals surface area (Å²) in [6.45, 7) is 5.34. The number of alkyl carbamates (subject to hydrolysis) is 1. The van der Waals surface area contributed by atoms with Gasteiger partial charge in [0.25, 0.3) is 5.91 Å². The second kappa shape index (κ2) is 13.6. The topological polar surface area (TPSA) is 187 Å². The molecule has 0 bridgehead atoms. The molecule has 2 aliphatic heterocycles. The van der Waals surface area contributed by atoms with Gasteiger partial charge in [-0.15, -0.1) is 0 Å². The van der Waals surface area contributed by atoms with E-state index >= 15 is 0 Å². The lowest BCUT2D eigenvalue weighted by molar-refractivity contribution is -0.141. The van der Waals surface area contributed by atoms with E-state index in [9.17, 15) is 32.4 Å². The highest BCUT2D eigenvalue weighted by Crippen LogP contribution is 2.46. The first kappa shape index (κ1) is 34.4. The van der Waals surface area contributed by atoms with Gasteiger partial charge in [-0.25, -0.2) is 18.0 Å². The highest BCUT2D eigenvalue weighted by molar-refractivity contribution is 7.91. The van der Waals surface area contributed by atoms with Gasteiger partial charge in [-0.2, -0.15) is 0 Å². The summed E-state index contributed by atoms with van der Waals surface area (Å²) < 4.78 is 44.2. The molecule has 15 heteroatoms. The Balaban J connectivity index is 1.42. The Morgan fingerprint density at radius 1 is 1.09 bits per heavy atom. The molecule has 256 valence electrons. The number of amides is 4. The van der Waals surface area contributed by atoms with Gasteiger partial charge < -0.3 is 29.7 Å². The fourth-order valence-corrected chi connectivity index (χ4v) is 7.17. The number of hydrogen-bond acceptors (Lipinski definition) is 10. The summed E-state index contributed by atoms with van der Waals surface area (Å²) in [5.74, 6) is -3.34. The second-order valence-corrected chi connectivity index (χ2v) is 15.4.